The largest absolute Gasteiger partial charge is 0.481 e. The molecule has 1 aromatic rings. The first-order chi connectivity index (χ1) is 9.17. The lowest BCUT2D eigenvalue weighted by Crippen LogP contribution is -2.39. The first-order valence-corrected chi connectivity index (χ1v) is 6.25. The molecule has 1 aromatic heterocycles. The minimum absolute atomic E-state index is 0.160. The van der Waals surface area contributed by atoms with Gasteiger partial charge in [-0.2, -0.15) is 0 Å². The molecule has 0 radical (unpaired) electrons. The zero-order valence-corrected chi connectivity index (χ0v) is 10.5. The van der Waals surface area contributed by atoms with Gasteiger partial charge in [0.1, 0.15) is 0 Å². The molecule has 0 bridgehead atoms. The zero-order chi connectivity index (χ0) is 13.8. The molecule has 1 aliphatic heterocycles. The Balaban J connectivity index is 2.20. The number of aliphatic hydroxyl groups is 2. The molecule has 1 fully saturated rings. The van der Waals surface area contributed by atoms with Crippen LogP contribution in [0.25, 0.3) is 0 Å². The predicted molar refractivity (Wildman–Crippen MR) is 67.6 cm³/mol. The quantitative estimate of drug-likeness (QED) is 0.667. The van der Waals surface area contributed by atoms with E-state index in [1.807, 2.05) is 11.0 Å². The summed E-state index contributed by atoms with van der Waals surface area (Å²) in [6.45, 7) is 0.486. The molecule has 0 amide bonds. The van der Waals surface area contributed by atoms with E-state index in [-0.39, 0.29) is 19.1 Å². The average molecular weight is 266 g/mol. The topological polar surface area (TPSA) is 93.9 Å². The van der Waals surface area contributed by atoms with Crippen LogP contribution in [0.3, 0.4) is 0 Å². The Kier molecular flexibility index (Phi) is 4.47. The second-order valence-corrected chi connectivity index (χ2v) is 4.81. The number of aliphatic hydroxyl groups excluding tert-OH is 2. The molecule has 2 atom stereocenters. The van der Waals surface area contributed by atoms with Crippen LogP contribution < -0.4 is 0 Å². The molecule has 0 aromatic carbocycles. The van der Waals surface area contributed by atoms with Crippen LogP contribution in [0.2, 0.25) is 0 Å². The van der Waals surface area contributed by atoms with Gasteiger partial charge < -0.3 is 15.3 Å². The Bertz CT molecular complexity index is 422. The minimum Gasteiger partial charge on any atom is -0.481 e. The fourth-order valence-corrected chi connectivity index (χ4v) is 2.60. The van der Waals surface area contributed by atoms with Crippen molar-refractivity contribution in [2.24, 2.45) is 5.92 Å². The zero-order valence-electron chi connectivity index (χ0n) is 10.5. The molecular weight excluding hydrogens is 248 g/mol. The molecule has 0 saturated carbocycles. The van der Waals surface area contributed by atoms with Crippen LogP contribution in [0.5, 0.6) is 0 Å². The molecule has 1 saturated heterocycles. The van der Waals surface area contributed by atoms with Crippen molar-refractivity contribution < 1.29 is 20.1 Å². The molecule has 6 nitrogen and oxygen atoms in total. The second kappa shape index (κ2) is 6.10. The highest BCUT2D eigenvalue weighted by Gasteiger charge is 2.40. The Morgan fingerprint density at radius 1 is 1.42 bits per heavy atom. The van der Waals surface area contributed by atoms with Crippen LogP contribution in [-0.2, 0) is 4.79 Å². The van der Waals surface area contributed by atoms with Crippen LogP contribution in [0.4, 0.5) is 0 Å². The Morgan fingerprint density at radius 3 is 2.68 bits per heavy atom. The molecular formula is C13H18N2O4. The lowest BCUT2D eigenvalue weighted by molar-refractivity contribution is -0.141. The third kappa shape index (κ3) is 2.91. The lowest BCUT2D eigenvalue weighted by atomic mass is 9.90. The van der Waals surface area contributed by atoms with Crippen molar-refractivity contribution >= 4 is 5.97 Å². The molecule has 2 heterocycles. The van der Waals surface area contributed by atoms with Gasteiger partial charge in [0.05, 0.1) is 25.2 Å². The van der Waals surface area contributed by atoms with Crippen molar-refractivity contribution in [3.63, 3.8) is 0 Å². The summed E-state index contributed by atoms with van der Waals surface area (Å²) in [4.78, 5) is 17.2. The Labute approximate surface area is 111 Å². The molecule has 3 N–H and O–H groups in total. The summed E-state index contributed by atoms with van der Waals surface area (Å²) < 4.78 is 0. The van der Waals surface area contributed by atoms with E-state index in [4.69, 9.17) is 0 Å². The summed E-state index contributed by atoms with van der Waals surface area (Å²) in [6, 6.07) is 3.25. The van der Waals surface area contributed by atoms with Gasteiger partial charge in [-0.3, -0.25) is 14.7 Å². The predicted octanol–water partition coefficient (Wildman–Crippen LogP) is -0.465. The fraction of sp³-hybridized carbons (Fsp3) is 0.538. The van der Waals surface area contributed by atoms with Crippen molar-refractivity contribution in [2.45, 2.75) is 12.0 Å². The number of carboxylic acids is 1. The van der Waals surface area contributed by atoms with Gasteiger partial charge in [-0.15, -0.1) is 0 Å². The number of rotatable bonds is 5. The lowest BCUT2D eigenvalue weighted by Gasteiger charge is -2.24. The number of hydrogen-bond donors (Lipinski definition) is 3. The number of likely N-dealkylation sites (tertiary alicyclic amines) is 1. The van der Waals surface area contributed by atoms with Crippen molar-refractivity contribution in [3.8, 4) is 0 Å². The molecule has 6 heteroatoms. The number of aromatic nitrogens is 1. The average Bonchev–Trinajstić information content (AvgIpc) is 2.86. The van der Waals surface area contributed by atoms with Crippen LogP contribution in [0.15, 0.2) is 24.5 Å². The van der Waals surface area contributed by atoms with E-state index in [1.54, 1.807) is 18.5 Å². The maximum atomic E-state index is 11.4. The normalized spacial score (nSPS) is 23.9. The van der Waals surface area contributed by atoms with Gasteiger partial charge in [0.25, 0.3) is 0 Å². The van der Waals surface area contributed by atoms with Crippen LogP contribution in [0.1, 0.15) is 11.5 Å². The number of hydrogen-bond acceptors (Lipinski definition) is 5. The standard InChI is InChI=1S/C13H18N2O4/c16-7-10(8-17)15-5-11(12(6-15)13(18)19)9-2-1-3-14-4-9/h1-4,10-12,16-17H,5-8H2,(H,18,19). The molecule has 2 rings (SSSR count). The van der Waals surface area contributed by atoms with E-state index < -0.39 is 17.9 Å². The van der Waals surface area contributed by atoms with Crippen LogP contribution in [-0.4, -0.2) is 63.5 Å². The maximum absolute atomic E-state index is 11.4. The van der Waals surface area contributed by atoms with E-state index in [9.17, 15) is 20.1 Å². The third-order valence-electron chi connectivity index (χ3n) is 3.72. The van der Waals surface area contributed by atoms with Crippen LogP contribution in [0, 0.1) is 5.92 Å². The summed E-state index contributed by atoms with van der Waals surface area (Å²) in [5, 5.41) is 27.7. The van der Waals surface area contributed by atoms with Crippen molar-refractivity contribution in [2.75, 3.05) is 26.3 Å². The molecule has 0 spiro atoms. The Hall–Kier alpha value is -1.50. The molecule has 0 aliphatic carbocycles. The highest BCUT2D eigenvalue weighted by atomic mass is 16.4. The van der Waals surface area contributed by atoms with Crippen LogP contribution >= 0.6 is 0 Å². The smallest absolute Gasteiger partial charge is 0.308 e. The molecule has 2 unspecified atom stereocenters. The van der Waals surface area contributed by atoms with Crippen molar-refractivity contribution in [1.82, 2.24) is 9.88 Å². The summed E-state index contributed by atoms with van der Waals surface area (Å²) in [5.41, 5.74) is 0.882. The van der Waals surface area contributed by atoms with Gasteiger partial charge in [0.2, 0.25) is 0 Å². The fourth-order valence-electron chi connectivity index (χ4n) is 2.60. The molecule has 19 heavy (non-hydrogen) atoms. The number of nitrogens with zero attached hydrogens (tertiary/aromatic N) is 2. The minimum atomic E-state index is -0.856. The third-order valence-corrected chi connectivity index (χ3v) is 3.72. The van der Waals surface area contributed by atoms with Gasteiger partial charge in [-0.1, -0.05) is 6.07 Å². The maximum Gasteiger partial charge on any atom is 0.308 e. The van der Waals surface area contributed by atoms with E-state index in [2.05, 4.69) is 4.98 Å². The number of carbonyl (C=O) groups is 1. The van der Waals surface area contributed by atoms with Gasteiger partial charge >= 0.3 is 5.97 Å². The van der Waals surface area contributed by atoms with Gasteiger partial charge in [-0.05, 0) is 11.6 Å². The number of aliphatic carboxylic acids is 1. The summed E-state index contributed by atoms with van der Waals surface area (Å²) >= 11 is 0. The monoisotopic (exact) mass is 266 g/mol. The van der Waals surface area contributed by atoms with Gasteiger partial charge in [-0.25, -0.2) is 0 Å². The van der Waals surface area contributed by atoms with Crippen molar-refractivity contribution in [1.29, 1.82) is 0 Å². The van der Waals surface area contributed by atoms with E-state index in [1.165, 1.54) is 0 Å². The van der Waals surface area contributed by atoms with E-state index in [0.717, 1.165) is 5.56 Å². The second-order valence-electron chi connectivity index (χ2n) is 4.81. The highest BCUT2D eigenvalue weighted by Crippen LogP contribution is 2.33. The first kappa shape index (κ1) is 13.9. The Morgan fingerprint density at radius 2 is 2.16 bits per heavy atom. The highest BCUT2D eigenvalue weighted by molar-refractivity contribution is 5.72. The summed E-state index contributed by atoms with van der Waals surface area (Å²) in [5.74, 6) is -1.55. The van der Waals surface area contributed by atoms with E-state index in [0.29, 0.717) is 13.1 Å². The summed E-state index contributed by atoms with van der Waals surface area (Å²) in [6.07, 6.45) is 3.33. The number of carboxylic acid groups (broad SMARTS) is 1. The summed E-state index contributed by atoms with van der Waals surface area (Å²) in [7, 11) is 0. The van der Waals surface area contributed by atoms with Gasteiger partial charge in [0, 0.05) is 31.4 Å². The van der Waals surface area contributed by atoms with Crippen molar-refractivity contribution in [3.05, 3.63) is 30.1 Å². The molecule has 104 valence electrons. The first-order valence-electron chi connectivity index (χ1n) is 6.25. The molecule has 1 aliphatic rings. The number of pyridine rings is 1. The van der Waals surface area contributed by atoms with E-state index >= 15 is 0 Å². The van der Waals surface area contributed by atoms with Gasteiger partial charge in [0.15, 0.2) is 0 Å². The SMILES string of the molecule is O=C(O)C1CN(C(CO)CO)CC1c1cccnc1.